The Bertz CT molecular complexity index is 1620. The first-order valence-corrected chi connectivity index (χ1v) is 19.1. The van der Waals surface area contributed by atoms with Crippen LogP contribution in [0.4, 0.5) is 5.69 Å². The Morgan fingerprint density at radius 3 is 2.51 bits per heavy atom. The van der Waals surface area contributed by atoms with E-state index in [0.717, 1.165) is 48.9 Å². The lowest BCUT2D eigenvalue weighted by Crippen LogP contribution is -2.56. The van der Waals surface area contributed by atoms with Crippen LogP contribution in [0, 0.1) is 23.7 Å². The molecule has 256 valence electrons. The van der Waals surface area contributed by atoms with Gasteiger partial charge in [0.15, 0.2) is 0 Å². The highest BCUT2D eigenvalue weighted by molar-refractivity contribution is 7.90. The zero-order valence-corrected chi connectivity index (χ0v) is 29.3. The van der Waals surface area contributed by atoms with Gasteiger partial charge < -0.3 is 19.6 Å². The Labute approximate surface area is 284 Å². The van der Waals surface area contributed by atoms with Crippen molar-refractivity contribution in [1.29, 1.82) is 0 Å². The number of fused-ring (bicyclic) bond motifs is 3. The third kappa shape index (κ3) is 6.88. The highest BCUT2D eigenvalue weighted by Gasteiger charge is 2.55. The Kier molecular flexibility index (Phi) is 9.85. The fourth-order valence-electron chi connectivity index (χ4n) is 8.24. The molecule has 1 aliphatic carbocycles. The summed E-state index contributed by atoms with van der Waals surface area (Å²) >= 11 is 6.35. The minimum atomic E-state index is -3.98. The molecule has 11 heteroatoms. The fourth-order valence-corrected chi connectivity index (χ4v) is 9.75. The van der Waals surface area contributed by atoms with Crippen molar-refractivity contribution in [2.45, 2.75) is 89.1 Å². The number of anilines is 1. The molecule has 2 fully saturated rings. The summed E-state index contributed by atoms with van der Waals surface area (Å²) in [4.78, 5) is 30.8. The molecule has 6 rings (SSSR count). The van der Waals surface area contributed by atoms with Crippen LogP contribution in [0.1, 0.15) is 86.7 Å². The molecule has 6 atom stereocenters. The van der Waals surface area contributed by atoms with E-state index >= 15 is 0 Å². The topological polar surface area (TPSA) is 116 Å². The number of ether oxygens (including phenoxy) is 1. The molecule has 2 bridgehead atoms. The van der Waals surface area contributed by atoms with Gasteiger partial charge in [-0.1, -0.05) is 31.0 Å². The van der Waals surface area contributed by atoms with Gasteiger partial charge in [-0.25, -0.2) is 13.1 Å². The second-order valence-electron chi connectivity index (χ2n) is 14.4. The van der Waals surface area contributed by atoms with E-state index in [2.05, 4.69) is 9.62 Å². The van der Waals surface area contributed by atoms with Crippen molar-refractivity contribution >= 4 is 39.1 Å². The molecule has 3 heterocycles. The van der Waals surface area contributed by atoms with Crippen LogP contribution in [0.2, 0.25) is 5.02 Å². The van der Waals surface area contributed by atoms with Gasteiger partial charge in [-0.3, -0.25) is 9.59 Å². The van der Waals surface area contributed by atoms with Crippen LogP contribution >= 0.6 is 11.6 Å². The fraction of sp³-hybridized carbons (Fsp3) is 0.611. The number of rotatable bonds is 1. The average molecular weight is 686 g/mol. The van der Waals surface area contributed by atoms with Crippen molar-refractivity contribution < 1.29 is 27.9 Å². The van der Waals surface area contributed by atoms with E-state index in [9.17, 15) is 23.1 Å². The van der Waals surface area contributed by atoms with Gasteiger partial charge in [-0.2, -0.15) is 0 Å². The van der Waals surface area contributed by atoms with E-state index in [1.807, 2.05) is 25.1 Å². The summed E-state index contributed by atoms with van der Waals surface area (Å²) in [7, 11) is -2.18. The Hall–Kier alpha value is -2.82. The van der Waals surface area contributed by atoms with Gasteiger partial charge in [0.25, 0.3) is 5.91 Å². The number of carbonyl (C=O) groups is 2. The number of hydrogen-bond acceptors (Lipinski definition) is 7. The van der Waals surface area contributed by atoms with E-state index in [-0.39, 0.29) is 29.2 Å². The molecule has 0 aromatic heterocycles. The van der Waals surface area contributed by atoms with Gasteiger partial charge in [0, 0.05) is 37.3 Å². The van der Waals surface area contributed by atoms with Crippen molar-refractivity contribution in [2.24, 2.45) is 23.7 Å². The predicted molar refractivity (Wildman–Crippen MR) is 183 cm³/mol. The average Bonchev–Trinajstić information content (AvgIpc) is 3.35. The molecule has 0 radical (unpaired) electrons. The summed E-state index contributed by atoms with van der Waals surface area (Å²) in [5.41, 5.74) is 2.00. The molecule has 2 N–H and O–H groups in total. The second kappa shape index (κ2) is 13.6. The molecule has 0 spiro atoms. The van der Waals surface area contributed by atoms with Crippen LogP contribution < -0.4 is 14.4 Å². The molecule has 9 nitrogen and oxygen atoms in total. The molecule has 2 aromatic carbocycles. The monoisotopic (exact) mass is 685 g/mol. The Morgan fingerprint density at radius 1 is 0.979 bits per heavy atom. The van der Waals surface area contributed by atoms with Crippen LogP contribution in [0.5, 0.6) is 5.75 Å². The maximum atomic E-state index is 13.5. The molecule has 0 unspecified atom stereocenters. The zero-order chi connectivity index (χ0) is 33.5. The summed E-state index contributed by atoms with van der Waals surface area (Å²) in [6, 6.07) is 11.0. The van der Waals surface area contributed by atoms with E-state index < -0.39 is 32.7 Å². The predicted octanol–water partition coefficient (Wildman–Crippen LogP) is 5.57. The number of sulfonamides is 1. The first-order chi connectivity index (χ1) is 22.4. The smallest absolute Gasteiger partial charge is 0.264 e. The quantitative estimate of drug-likeness (QED) is 0.404. The SMILES string of the molecule is C[C@@H]1[C@@H](C)CCC[C@](O)([C@@H]2CCN(C)C2=O)[C@@H]2CC[C@H]2CN2CCCCc3cc(Cl)ccc3COc3ccc(cc32)C(=O)NS1(=O)=O. The number of aliphatic hydroxyl groups is 1. The molecular weight excluding hydrogens is 638 g/mol. The van der Waals surface area contributed by atoms with Gasteiger partial charge >= 0.3 is 0 Å². The van der Waals surface area contributed by atoms with E-state index in [0.29, 0.717) is 62.7 Å². The van der Waals surface area contributed by atoms with Crippen molar-refractivity contribution in [3.63, 3.8) is 0 Å². The van der Waals surface area contributed by atoms with Crippen molar-refractivity contribution in [1.82, 2.24) is 9.62 Å². The lowest BCUT2D eigenvalue weighted by atomic mass is 9.59. The molecule has 2 aromatic rings. The number of amides is 2. The summed E-state index contributed by atoms with van der Waals surface area (Å²) in [5, 5.41) is 12.4. The normalized spacial score (nSPS) is 31.8. The van der Waals surface area contributed by atoms with E-state index in [1.54, 1.807) is 37.1 Å². The third-order valence-electron chi connectivity index (χ3n) is 11.5. The largest absolute Gasteiger partial charge is 0.487 e. The number of halogens is 1. The molecule has 1 saturated carbocycles. The first-order valence-electron chi connectivity index (χ1n) is 17.2. The molecule has 1 saturated heterocycles. The van der Waals surface area contributed by atoms with Crippen molar-refractivity contribution in [3.8, 4) is 5.75 Å². The van der Waals surface area contributed by atoms with Crippen molar-refractivity contribution in [2.75, 3.05) is 31.6 Å². The highest BCUT2D eigenvalue weighted by Crippen LogP contribution is 2.51. The zero-order valence-electron chi connectivity index (χ0n) is 27.7. The Balaban J connectivity index is 1.41. The minimum absolute atomic E-state index is 0.00225. The number of likely N-dealkylation sites (tertiary alicyclic amines) is 1. The van der Waals surface area contributed by atoms with E-state index in [4.69, 9.17) is 16.3 Å². The van der Waals surface area contributed by atoms with Crippen LogP contribution in [-0.2, 0) is 27.8 Å². The first kappa shape index (κ1) is 34.1. The number of benzene rings is 2. The van der Waals surface area contributed by atoms with Crippen LogP contribution in [0.25, 0.3) is 0 Å². The second-order valence-corrected chi connectivity index (χ2v) is 16.8. The maximum absolute atomic E-state index is 13.5. The van der Waals surface area contributed by atoms with Gasteiger partial charge in [0.05, 0.1) is 22.5 Å². The number of nitrogens with zero attached hydrogens (tertiary/aromatic N) is 2. The number of carbonyl (C=O) groups excluding carboxylic acids is 2. The molecule has 3 aliphatic heterocycles. The lowest BCUT2D eigenvalue weighted by molar-refractivity contribution is -0.154. The van der Waals surface area contributed by atoms with Gasteiger partial charge in [-0.15, -0.1) is 0 Å². The van der Waals surface area contributed by atoms with Crippen molar-refractivity contribution in [3.05, 3.63) is 58.1 Å². The number of aryl methyl sites for hydroxylation is 1. The van der Waals surface area contributed by atoms with Gasteiger partial charge in [-0.05, 0) is 118 Å². The summed E-state index contributed by atoms with van der Waals surface area (Å²) in [6.07, 6.45) is 6.64. The van der Waals surface area contributed by atoms with Gasteiger partial charge in [0.2, 0.25) is 15.9 Å². The van der Waals surface area contributed by atoms with Gasteiger partial charge in [0.1, 0.15) is 12.4 Å². The standard InChI is InChI=1S/C36H48ClN3O6S/c1-23-7-6-16-36(43,31-15-18-39(3)35(31)42)30-13-10-27(30)21-40-17-5-4-8-25-19-29(37)12-9-28(25)22-46-33-14-11-26(20-32(33)40)34(41)38-47(44,45)24(23)2/h9,11-12,14,19-20,23-24,27,30-31,43H,4-8,10,13,15-18,21-22H2,1-3H3,(H,38,41)/t23-,24+,27-,30+,31+,36+/m0/s1. The summed E-state index contributed by atoms with van der Waals surface area (Å²) < 4.78 is 35.6. The molecular formula is C36H48ClN3O6S. The molecule has 47 heavy (non-hydrogen) atoms. The molecule has 2 amide bonds. The van der Waals surface area contributed by atoms with Crippen LogP contribution in [0.15, 0.2) is 36.4 Å². The lowest BCUT2D eigenvalue weighted by Gasteiger charge is -2.51. The number of nitrogens with one attached hydrogen (secondary N) is 1. The number of hydrogen-bond donors (Lipinski definition) is 2. The van der Waals surface area contributed by atoms with Crippen LogP contribution in [0.3, 0.4) is 0 Å². The maximum Gasteiger partial charge on any atom is 0.264 e. The third-order valence-corrected chi connectivity index (χ3v) is 13.7. The van der Waals surface area contributed by atoms with E-state index in [1.165, 1.54) is 0 Å². The Morgan fingerprint density at radius 2 is 1.79 bits per heavy atom. The minimum Gasteiger partial charge on any atom is -0.487 e. The molecule has 4 aliphatic rings. The summed E-state index contributed by atoms with van der Waals surface area (Å²) in [6.45, 7) is 5.78. The highest BCUT2D eigenvalue weighted by atomic mass is 35.5. The summed E-state index contributed by atoms with van der Waals surface area (Å²) in [5.74, 6) is -0.696. The van der Waals surface area contributed by atoms with Crippen LogP contribution in [-0.4, -0.2) is 67.8 Å².